The van der Waals surface area contributed by atoms with Gasteiger partial charge in [-0.15, -0.1) is 16.6 Å². The number of fused-ring (bicyclic) bond motifs is 2. The molecular formula is C45H70N3O8+. The van der Waals surface area contributed by atoms with Crippen LogP contribution in [0.3, 0.4) is 0 Å². The second-order valence-corrected chi connectivity index (χ2v) is 17.0. The molecule has 5 rings (SSSR count). The van der Waals surface area contributed by atoms with Crippen LogP contribution in [0.15, 0.2) is 46.6 Å². The van der Waals surface area contributed by atoms with Gasteiger partial charge >= 0.3 is 0 Å². The quantitative estimate of drug-likeness (QED) is 0.0392. The van der Waals surface area contributed by atoms with Gasteiger partial charge in [0.1, 0.15) is 36.2 Å². The molecule has 8 atom stereocenters. The van der Waals surface area contributed by atoms with Crippen LogP contribution in [0.1, 0.15) is 122 Å². The smallest absolute Gasteiger partial charge is 0.208 e. The zero-order valence-electron chi connectivity index (χ0n) is 33.9. The highest BCUT2D eigenvalue weighted by molar-refractivity contribution is 6.03. The average molecular weight is 781 g/mol. The van der Waals surface area contributed by atoms with Crippen LogP contribution < -0.4 is 15.8 Å². The summed E-state index contributed by atoms with van der Waals surface area (Å²) in [5, 5.41) is 55.2. The molecule has 4 aliphatic rings. The maximum Gasteiger partial charge on any atom is 0.208 e. The molecule has 312 valence electrons. The number of rotatable bonds is 25. The van der Waals surface area contributed by atoms with Crippen LogP contribution >= 0.6 is 0 Å². The minimum Gasteiger partial charge on any atom is -0.504 e. The highest BCUT2D eigenvalue weighted by Gasteiger charge is 2.49. The van der Waals surface area contributed by atoms with E-state index in [0.29, 0.717) is 67.8 Å². The van der Waals surface area contributed by atoms with Crippen LogP contribution in [-0.4, -0.2) is 98.5 Å². The average Bonchev–Trinajstić information content (AvgIpc) is 3.91. The maximum absolute atomic E-state index is 11.2. The van der Waals surface area contributed by atoms with Crippen molar-refractivity contribution in [3.63, 3.8) is 0 Å². The third-order valence-electron chi connectivity index (χ3n) is 12.3. The number of carbonyl (C=O) groups is 1. The molecular weight excluding hydrogens is 711 g/mol. The summed E-state index contributed by atoms with van der Waals surface area (Å²) >= 11 is 0. The second kappa shape index (κ2) is 22.3. The van der Waals surface area contributed by atoms with Gasteiger partial charge in [-0.05, 0) is 101 Å². The lowest BCUT2D eigenvalue weighted by molar-refractivity contribution is -0.117. The predicted molar refractivity (Wildman–Crippen MR) is 220 cm³/mol. The zero-order valence-corrected chi connectivity index (χ0v) is 33.9. The van der Waals surface area contributed by atoms with Gasteiger partial charge in [0, 0.05) is 45.0 Å². The number of unbranched alkanes of at least 4 members (excludes halogenated alkanes) is 3. The number of benzene rings is 1. The number of hydrogen-bond acceptors (Lipinski definition) is 10. The van der Waals surface area contributed by atoms with Crippen LogP contribution in [0.25, 0.3) is 0 Å². The molecule has 0 spiro atoms. The molecule has 1 aromatic rings. The van der Waals surface area contributed by atoms with Gasteiger partial charge in [0.25, 0.3) is 0 Å². The number of nitrogens with two attached hydrogens (primary N) is 1. The van der Waals surface area contributed by atoms with E-state index >= 15 is 0 Å². The number of aryl methyl sites for hydroxylation is 1. The topological polar surface area (TPSA) is 191 Å². The van der Waals surface area contributed by atoms with Crippen LogP contribution in [0, 0.1) is 29.8 Å². The molecule has 0 bridgehead atoms. The molecule has 2 heterocycles. The SMILES string of the molecule is CC(=O)CCC(O)CCC(N)CCCCCCC1[OH+][C-](CCc2ccc(O)c(OCC(O)C3=C[C+]4C(=N3)CCC3CCCC3C4CNCC(C)O)c2)C=C1CO. The van der Waals surface area contributed by atoms with Crippen LogP contribution in [0.2, 0.25) is 0 Å². The van der Waals surface area contributed by atoms with Gasteiger partial charge in [-0.25, -0.2) is 0 Å². The van der Waals surface area contributed by atoms with E-state index in [-0.39, 0.29) is 36.9 Å². The van der Waals surface area contributed by atoms with Gasteiger partial charge in [0.2, 0.25) is 5.70 Å². The van der Waals surface area contributed by atoms with Crippen LogP contribution in [0.4, 0.5) is 0 Å². The fraction of sp³-hybridized carbons (Fsp3) is 0.689. The van der Waals surface area contributed by atoms with E-state index in [1.165, 1.54) is 25.2 Å². The number of phenolic OH excluding ortho intramolecular Hbond substituents is 1. The van der Waals surface area contributed by atoms with E-state index in [1.54, 1.807) is 19.9 Å². The largest absolute Gasteiger partial charge is 0.504 e. The number of carbonyl (C=O) groups excluding carboxylic acids is 1. The Morgan fingerprint density at radius 3 is 2.71 bits per heavy atom. The van der Waals surface area contributed by atoms with Crippen molar-refractivity contribution in [2.24, 2.45) is 28.5 Å². The predicted octanol–water partition coefficient (Wildman–Crippen LogP) is 5.31. The minimum absolute atomic E-state index is 0.00385. The molecule has 0 aromatic heterocycles. The Bertz CT molecular complexity index is 1480. The van der Waals surface area contributed by atoms with E-state index in [2.05, 4.69) is 11.4 Å². The molecule has 2 aliphatic carbocycles. The van der Waals surface area contributed by atoms with Crippen molar-refractivity contribution < 1.29 is 39.8 Å². The minimum atomic E-state index is -0.935. The number of aliphatic hydroxyl groups is 6. The molecule has 9 N–H and O–H groups in total. The Morgan fingerprint density at radius 2 is 1.93 bits per heavy atom. The lowest BCUT2D eigenvalue weighted by Crippen LogP contribution is -2.36. The molecule has 2 saturated carbocycles. The van der Waals surface area contributed by atoms with Gasteiger partial charge in [-0.3, -0.25) is 0 Å². The summed E-state index contributed by atoms with van der Waals surface area (Å²) in [4.78, 5) is 16.0. The molecule has 11 nitrogen and oxygen atoms in total. The number of phenols is 1. The molecule has 2 fully saturated rings. The van der Waals surface area contributed by atoms with Crippen molar-refractivity contribution in [1.82, 2.24) is 5.32 Å². The first-order valence-corrected chi connectivity index (χ1v) is 21.5. The van der Waals surface area contributed by atoms with Gasteiger partial charge in [0.15, 0.2) is 17.6 Å². The summed E-state index contributed by atoms with van der Waals surface area (Å²) in [6, 6.07) is 5.40. The standard InChI is InChI=1S/C45H69N3O8/c1-29(50)12-17-35(52)18-16-34(46)9-5-3-4-6-11-44-33(27-49)23-36(56-44)19-13-31-14-21-42(53)45(22-31)55-28-43(54)41-24-38-39(26-47-25-30(2)51)37-10-7-8-32(37)15-20-40(38)48-41/h14,21-24,30,32,34-35,37,39,43-44,47,49,51-52,54,56H,3-13,15-20,25-28,46H2,1-2H3/p+1. The van der Waals surface area contributed by atoms with E-state index < -0.39 is 18.3 Å². The van der Waals surface area contributed by atoms with Crippen molar-refractivity contribution >= 4 is 11.5 Å². The van der Waals surface area contributed by atoms with Crippen molar-refractivity contribution in [3.8, 4) is 11.5 Å². The molecule has 11 heteroatoms. The number of ketones is 1. The number of aromatic hydroxyl groups is 1. The van der Waals surface area contributed by atoms with Crippen LogP contribution in [-0.2, 0) is 11.2 Å². The van der Waals surface area contributed by atoms with Gasteiger partial charge in [-0.1, -0.05) is 38.2 Å². The van der Waals surface area contributed by atoms with E-state index in [1.807, 2.05) is 18.2 Å². The summed E-state index contributed by atoms with van der Waals surface area (Å²) in [6.45, 7) is 4.65. The normalized spacial score (nSPS) is 24.2. The molecule has 2 aliphatic heterocycles. The molecule has 0 radical (unpaired) electrons. The highest BCUT2D eigenvalue weighted by Crippen LogP contribution is 2.48. The number of nitrogens with one attached hydrogen (secondary N) is 1. The molecule has 8 unspecified atom stereocenters. The lowest BCUT2D eigenvalue weighted by Gasteiger charge is -2.26. The third kappa shape index (κ3) is 13.3. The number of ether oxygens (including phenoxy) is 2. The third-order valence-corrected chi connectivity index (χ3v) is 12.3. The lowest BCUT2D eigenvalue weighted by atomic mass is 9.77. The summed E-state index contributed by atoms with van der Waals surface area (Å²) < 4.78 is 10.9. The number of allylic oxidation sites excluding steroid dienone is 1. The zero-order chi connectivity index (χ0) is 40.0. The molecule has 1 aromatic carbocycles. The number of aliphatic hydroxyl groups excluding tert-OH is 4. The van der Waals surface area contributed by atoms with Gasteiger partial charge in [0.05, 0.1) is 24.2 Å². The second-order valence-electron chi connectivity index (χ2n) is 17.0. The Balaban J connectivity index is 1.03. The van der Waals surface area contributed by atoms with E-state index in [4.69, 9.17) is 20.2 Å². The number of aliphatic imine (C=N–C) groups is 1. The van der Waals surface area contributed by atoms with E-state index in [9.17, 15) is 30.3 Å². The maximum atomic E-state index is 11.2. The van der Waals surface area contributed by atoms with E-state index in [0.717, 1.165) is 87.3 Å². The van der Waals surface area contributed by atoms with Crippen molar-refractivity contribution in [3.05, 3.63) is 59.2 Å². The fourth-order valence-corrected chi connectivity index (χ4v) is 9.09. The van der Waals surface area contributed by atoms with Gasteiger partial charge in [-0.2, -0.15) is 0 Å². The first-order chi connectivity index (χ1) is 27.0. The fourth-order valence-electron chi connectivity index (χ4n) is 9.09. The summed E-state index contributed by atoms with van der Waals surface area (Å²) in [7, 11) is 0. The Hall–Kier alpha value is -2.90. The Kier molecular flexibility index (Phi) is 17.6. The molecule has 0 amide bonds. The highest BCUT2D eigenvalue weighted by atomic mass is 16.5. The van der Waals surface area contributed by atoms with Crippen molar-refractivity contribution in [2.75, 3.05) is 26.3 Å². The monoisotopic (exact) mass is 781 g/mol. The molecule has 56 heavy (non-hydrogen) atoms. The number of nitrogens with zero attached hydrogens (tertiary/aromatic N) is 1. The number of Topliss-reactive ketones (excluding diaryl/α,β-unsaturated/α-hetero) is 1. The summed E-state index contributed by atoms with van der Waals surface area (Å²) in [6.07, 6.45) is 18.8. The summed E-state index contributed by atoms with van der Waals surface area (Å²) in [5.74, 6) is 3.26. The van der Waals surface area contributed by atoms with Gasteiger partial charge < -0.3 is 50.9 Å². The van der Waals surface area contributed by atoms with Crippen LogP contribution in [0.5, 0.6) is 11.5 Å². The first-order valence-electron chi connectivity index (χ1n) is 21.5. The van der Waals surface area contributed by atoms with Crippen molar-refractivity contribution in [1.29, 1.82) is 0 Å². The van der Waals surface area contributed by atoms with Crippen molar-refractivity contribution in [2.45, 2.75) is 153 Å². The Labute approximate surface area is 334 Å². The summed E-state index contributed by atoms with van der Waals surface area (Å²) in [5.41, 5.74) is 9.88. The molecule has 0 saturated heterocycles. The first kappa shape index (κ1) is 44.2. The Morgan fingerprint density at radius 1 is 1.11 bits per heavy atom. The number of hydrogen-bond donors (Lipinski definition) is 7.